The van der Waals surface area contributed by atoms with Crippen LogP contribution in [0.3, 0.4) is 0 Å². The summed E-state index contributed by atoms with van der Waals surface area (Å²) >= 11 is 7.35. The minimum Gasteiger partial charge on any atom is -0.0804 e. The average Bonchev–Trinajstić information content (AvgIpc) is 3.08. The van der Waals surface area contributed by atoms with E-state index in [1.807, 2.05) is 0 Å². The van der Waals surface area contributed by atoms with E-state index in [0.717, 1.165) is 23.7 Å². The van der Waals surface area contributed by atoms with E-state index in [9.17, 15) is 0 Å². The molecular formula is C19H14Br2. The summed E-state index contributed by atoms with van der Waals surface area (Å²) in [7, 11) is 0. The summed E-state index contributed by atoms with van der Waals surface area (Å²) in [4.78, 5) is 0. The molecule has 2 aromatic rings. The highest BCUT2D eigenvalue weighted by atomic mass is 79.9. The Morgan fingerprint density at radius 2 is 1.86 bits per heavy atom. The third-order valence-electron chi connectivity index (χ3n) is 4.35. The number of fused-ring (bicyclic) bond motifs is 3. The number of hydrogen-bond donors (Lipinski definition) is 0. The van der Waals surface area contributed by atoms with Crippen molar-refractivity contribution in [3.63, 3.8) is 0 Å². The summed E-state index contributed by atoms with van der Waals surface area (Å²) < 4.78 is 2.40. The van der Waals surface area contributed by atoms with Crippen LogP contribution >= 0.6 is 31.9 Å². The Hall–Kier alpha value is -1.12. The van der Waals surface area contributed by atoms with Gasteiger partial charge in [0.05, 0.1) is 0 Å². The van der Waals surface area contributed by atoms with Gasteiger partial charge in [0.1, 0.15) is 0 Å². The van der Waals surface area contributed by atoms with Gasteiger partial charge in [-0.3, -0.25) is 0 Å². The second-order valence-electron chi connectivity index (χ2n) is 5.66. The molecule has 0 N–H and O–H groups in total. The lowest BCUT2D eigenvalue weighted by Gasteiger charge is -2.12. The van der Waals surface area contributed by atoms with E-state index in [0.29, 0.717) is 0 Å². The van der Waals surface area contributed by atoms with Crippen LogP contribution in [0.4, 0.5) is 0 Å². The quantitative estimate of drug-likeness (QED) is 0.478. The summed E-state index contributed by atoms with van der Waals surface area (Å²) in [5.74, 6) is 0. The SMILES string of the molecule is Brc1ccc2c(c1)Cc1c-2ccc(Br)c1CC1=CC=CC1. The molecular weight excluding hydrogens is 388 g/mol. The lowest BCUT2D eigenvalue weighted by atomic mass is 9.95. The molecule has 0 atom stereocenters. The molecule has 0 heterocycles. The van der Waals surface area contributed by atoms with Gasteiger partial charge in [0.15, 0.2) is 0 Å². The Kier molecular flexibility index (Phi) is 3.39. The molecule has 2 aliphatic rings. The minimum atomic E-state index is 1.04. The smallest absolute Gasteiger partial charge is 0.0213 e. The van der Waals surface area contributed by atoms with Crippen molar-refractivity contribution < 1.29 is 0 Å². The maximum atomic E-state index is 3.76. The van der Waals surface area contributed by atoms with Crippen molar-refractivity contribution in [3.05, 3.63) is 79.8 Å². The minimum absolute atomic E-state index is 1.04. The highest BCUT2D eigenvalue weighted by Crippen LogP contribution is 2.42. The Morgan fingerprint density at radius 1 is 1.00 bits per heavy atom. The summed E-state index contributed by atoms with van der Waals surface area (Å²) in [5, 5.41) is 0. The van der Waals surface area contributed by atoms with Crippen LogP contribution in [-0.4, -0.2) is 0 Å². The molecule has 0 unspecified atom stereocenters. The van der Waals surface area contributed by atoms with Gasteiger partial charge in [-0.2, -0.15) is 0 Å². The lowest BCUT2D eigenvalue weighted by Crippen LogP contribution is -1.97. The molecule has 104 valence electrons. The van der Waals surface area contributed by atoms with Gasteiger partial charge in [-0.25, -0.2) is 0 Å². The van der Waals surface area contributed by atoms with Crippen molar-refractivity contribution in [2.75, 3.05) is 0 Å². The monoisotopic (exact) mass is 400 g/mol. The maximum absolute atomic E-state index is 3.76. The van der Waals surface area contributed by atoms with Crippen LogP contribution in [-0.2, 0) is 12.8 Å². The molecule has 0 bridgehead atoms. The van der Waals surface area contributed by atoms with Crippen LogP contribution in [0, 0.1) is 0 Å². The third kappa shape index (κ3) is 2.35. The van der Waals surface area contributed by atoms with Crippen LogP contribution < -0.4 is 0 Å². The molecule has 0 amide bonds. The van der Waals surface area contributed by atoms with Gasteiger partial charge in [0.2, 0.25) is 0 Å². The maximum Gasteiger partial charge on any atom is 0.0213 e. The number of benzene rings is 2. The third-order valence-corrected chi connectivity index (χ3v) is 5.59. The Labute approximate surface area is 141 Å². The average molecular weight is 402 g/mol. The summed E-state index contributed by atoms with van der Waals surface area (Å²) in [6.07, 6.45) is 9.83. The summed E-state index contributed by atoms with van der Waals surface area (Å²) in [6, 6.07) is 11.1. The zero-order valence-corrected chi connectivity index (χ0v) is 14.7. The van der Waals surface area contributed by atoms with E-state index in [2.05, 4.69) is 80.4 Å². The molecule has 4 rings (SSSR count). The van der Waals surface area contributed by atoms with Crippen molar-refractivity contribution in [1.82, 2.24) is 0 Å². The Morgan fingerprint density at radius 3 is 2.67 bits per heavy atom. The summed E-state index contributed by atoms with van der Waals surface area (Å²) in [6.45, 7) is 0. The van der Waals surface area contributed by atoms with Crippen LogP contribution in [0.1, 0.15) is 23.1 Å². The second kappa shape index (κ2) is 5.26. The van der Waals surface area contributed by atoms with Gasteiger partial charge in [-0.15, -0.1) is 0 Å². The van der Waals surface area contributed by atoms with E-state index in [-0.39, 0.29) is 0 Å². The van der Waals surface area contributed by atoms with Crippen LogP contribution in [0.2, 0.25) is 0 Å². The van der Waals surface area contributed by atoms with Gasteiger partial charge in [-0.05, 0) is 65.3 Å². The first kappa shape index (κ1) is 13.5. The van der Waals surface area contributed by atoms with E-state index in [1.165, 1.54) is 37.9 Å². The second-order valence-corrected chi connectivity index (χ2v) is 7.43. The number of hydrogen-bond acceptors (Lipinski definition) is 0. The first-order chi connectivity index (χ1) is 10.2. The van der Waals surface area contributed by atoms with E-state index in [1.54, 1.807) is 0 Å². The van der Waals surface area contributed by atoms with Crippen LogP contribution in [0.25, 0.3) is 11.1 Å². The standard InChI is InChI=1S/C19H14Br2/c20-14-5-6-15-13(10-14)11-17-16(15)7-8-19(21)18(17)9-12-3-1-2-4-12/h1-3,5-8,10H,4,9,11H2. The normalized spacial score (nSPS) is 15.0. The number of rotatable bonds is 2. The van der Waals surface area contributed by atoms with E-state index in [4.69, 9.17) is 0 Å². The van der Waals surface area contributed by atoms with Gasteiger partial charge in [-0.1, -0.05) is 67.8 Å². The molecule has 21 heavy (non-hydrogen) atoms. The number of halogens is 2. The zero-order chi connectivity index (χ0) is 14.4. The van der Waals surface area contributed by atoms with Crippen molar-refractivity contribution in [2.45, 2.75) is 19.3 Å². The topological polar surface area (TPSA) is 0 Å². The molecule has 2 aliphatic carbocycles. The van der Waals surface area contributed by atoms with Gasteiger partial charge >= 0.3 is 0 Å². The van der Waals surface area contributed by atoms with Crippen molar-refractivity contribution >= 4 is 31.9 Å². The largest absolute Gasteiger partial charge is 0.0804 e. The fourth-order valence-electron chi connectivity index (χ4n) is 3.32. The van der Waals surface area contributed by atoms with E-state index >= 15 is 0 Å². The Bertz CT molecular complexity index is 797. The molecule has 0 fully saturated rings. The molecule has 0 saturated heterocycles. The molecule has 0 radical (unpaired) electrons. The molecule has 0 nitrogen and oxygen atoms in total. The lowest BCUT2D eigenvalue weighted by molar-refractivity contribution is 1.05. The molecule has 0 aromatic heterocycles. The van der Waals surface area contributed by atoms with Crippen molar-refractivity contribution in [3.8, 4) is 11.1 Å². The first-order valence-corrected chi connectivity index (χ1v) is 8.74. The Balaban J connectivity index is 1.81. The predicted octanol–water partition coefficient (Wildman–Crippen LogP) is 6.21. The van der Waals surface area contributed by atoms with E-state index < -0.39 is 0 Å². The summed E-state index contributed by atoms with van der Waals surface area (Å²) in [5.41, 5.74) is 8.67. The van der Waals surface area contributed by atoms with Gasteiger partial charge in [0.25, 0.3) is 0 Å². The van der Waals surface area contributed by atoms with Crippen molar-refractivity contribution in [2.24, 2.45) is 0 Å². The molecule has 2 heteroatoms. The van der Waals surface area contributed by atoms with Crippen LogP contribution in [0.15, 0.2) is 63.1 Å². The molecule has 0 aliphatic heterocycles. The zero-order valence-electron chi connectivity index (χ0n) is 11.5. The molecule has 0 spiro atoms. The first-order valence-electron chi connectivity index (χ1n) is 7.16. The fourth-order valence-corrected chi connectivity index (χ4v) is 4.24. The van der Waals surface area contributed by atoms with Gasteiger partial charge in [0, 0.05) is 8.95 Å². The fraction of sp³-hybridized carbons (Fsp3) is 0.158. The molecule has 2 aromatic carbocycles. The van der Waals surface area contributed by atoms with Gasteiger partial charge < -0.3 is 0 Å². The number of allylic oxidation sites excluding steroid dienone is 4. The van der Waals surface area contributed by atoms with Crippen molar-refractivity contribution in [1.29, 1.82) is 0 Å². The highest BCUT2D eigenvalue weighted by molar-refractivity contribution is 9.10. The van der Waals surface area contributed by atoms with Crippen LogP contribution in [0.5, 0.6) is 0 Å². The highest BCUT2D eigenvalue weighted by Gasteiger charge is 2.23. The predicted molar refractivity (Wildman–Crippen MR) is 95.6 cm³/mol. The molecule has 0 saturated carbocycles.